The summed E-state index contributed by atoms with van der Waals surface area (Å²) >= 11 is 0. The maximum absolute atomic E-state index is 11.3. The Morgan fingerprint density at radius 1 is 1.29 bits per heavy atom. The highest BCUT2D eigenvalue weighted by Gasteiger charge is 2.09. The molecule has 1 aromatic heterocycles. The van der Waals surface area contributed by atoms with Gasteiger partial charge in [-0.3, -0.25) is 9.78 Å². The van der Waals surface area contributed by atoms with Gasteiger partial charge in [0.1, 0.15) is 5.75 Å². The van der Waals surface area contributed by atoms with Crippen LogP contribution >= 0.6 is 0 Å². The maximum atomic E-state index is 11.3. The number of carbonyl (C=O) groups excluding carboxylic acids is 1. The van der Waals surface area contributed by atoms with E-state index in [1.165, 1.54) is 0 Å². The van der Waals surface area contributed by atoms with E-state index in [1.54, 1.807) is 31.6 Å². The molecule has 0 saturated heterocycles. The highest BCUT2D eigenvalue weighted by Crippen LogP contribution is 2.25. The first-order chi connectivity index (χ1) is 8.22. The van der Waals surface area contributed by atoms with E-state index in [9.17, 15) is 4.79 Å². The van der Waals surface area contributed by atoms with Crippen LogP contribution in [0.1, 0.15) is 10.4 Å². The topological polar surface area (TPSA) is 65.2 Å². The Morgan fingerprint density at radius 3 is 2.76 bits per heavy atom. The number of nitrogens with zero attached hydrogens (tertiary/aromatic N) is 1. The van der Waals surface area contributed by atoms with Crippen LogP contribution in [-0.2, 0) is 0 Å². The fraction of sp³-hybridized carbons (Fsp3) is 0.0769. The number of nitrogens with two attached hydrogens (primary N) is 1. The van der Waals surface area contributed by atoms with Gasteiger partial charge in [0.2, 0.25) is 5.91 Å². The van der Waals surface area contributed by atoms with Crippen LogP contribution in [0.15, 0.2) is 42.7 Å². The lowest BCUT2D eigenvalue weighted by molar-refractivity contribution is 0.100. The van der Waals surface area contributed by atoms with Crippen LogP contribution in [-0.4, -0.2) is 18.0 Å². The third kappa shape index (κ3) is 2.25. The Kier molecular flexibility index (Phi) is 3.05. The van der Waals surface area contributed by atoms with E-state index >= 15 is 0 Å². The van der Waals surface area contributed by atoms with Crippen molar-refractivity contribution < 1.29 is 9.53 Å². The molecule has 0 unspecified atom stereocenters. The first-order valence-corrected chi connectivity index (χ1v) is 5.10. The van der Waals surface area contributed by atoms with Gasteiger partial charge in [0.05, 0.1) is 13.3 Å². The molecule has 0 fully saturated rings. The van der Waals surface area contributed by atoms with E-state index < -0.39 is 5.91 Å². The summed E-state index contributed by atoms with van der Waals surface area (Å²) in [7, 11) is 1.57. The lowest BCUT2D eigenvalue weighted by Crippen LogP contribution is -2.12. The van der Waals surface area contributed by atoms with E-state index in [0.717, 1.165) is 11.1 Å². The van der Waals surface area contributed by atoms with Gasteiger partial charge in [0.15, 0.2) is 0 Å². The van der Waals surface area contributed by atoms with E-state index in [-0.39, 0.29) is 0 Å². The van der Waals surface area contributed by atoms with Gasteiger partial charge in [-0.15, -0.1) is 0 Å². The van der Waals surface area contributed by atoms with Gasteiger partial charge in [-0.1, -0.05) is 18.2 Å². The standard InChI is InChI=1S/C13H12N2O2/c1-17-10-6-9(7-15-8-10)11-4-2-3-5-12(11)13(14)16/h2-8H,1H3,(H2,14,16). The molecule has 1 amide bonds. The fourth-order valence-electron chi connectivity index (χ4n) is 1.63. The Bertz CT molecular complexity index is 553. The minimum atomic E-state index is -0.455. The lowest BCUT2D eigenvalue weighted by atomic mass is 10.0. The number of benzene rings is 1. The molecule has 0 aliphatic rings. The average Bonchev–Trinajstić information content (AvgIpc) is 2.39. The molecule has 4 heteroatoms. The van der Waals surface area contributed by atoms with Crippen LogP contribution in [0.25, 0.3) is 11.1 Å². The molecule has 17 heavy (non-hydrogen) atoms. The smallest absolute Gasteiger partial charge is 0.249 e. The first kappa shape index (κ1) is 11.1. The second-order valence-corrected chi connectivity index (χ2v) is 3.52. The summed E-state index contributed by atoms with van der Waals surface area (Å²) in [5, 5.41) is 0. The minimum Gasteiger partial charge on any atom is -0.495 e. The normalized spacial score (nSPS) is 9.94. The number of ether oxygens (including phenoxy) is 1. The van der Waals surface area contributed by atoms with Crippen molar-refractivity contribution in [1.82, 2.24) is 4.98 Å². The summed E-state index contributed by atoms with van der Waals surface area (Å²) in [6, 6.07) is 8.96. The van der Waals surface area contributed by atoms with Crippen molar-refractivity contribution in [3.63, 3.8) is 0 Å². The van der Waals surface area contributed by atoms with E-state index in [4.69, 9.17) is 10.5 Å². The minimum absolute atomic E-state index is 0.455. The molecule has 2 aromatic rings. The van der Waals surface area contributed by atoms with E-state index in [2.05, 4.69) is 4.98 Å². The maximum Gasteiger partial charge on any atom is 0.249 e. The highest BCUT2D eigenvalue weighted by molar-refractivity contribution is 5.99. The predicted octanol–water partition coefficient (Wildman–Crippen LogP) is 1.86. The second kappa shape index (κ2) is 4.65. The van der Waals surface area contributed by atoms with E-state index in [1.807, 2.05) is 18.2 Å². The molecule has 1 aromatic carbocycles. The molecular formula is C13H12N2O2. The van der Waals surface area contributed by atoms with Crippen LogP contribution in [0, 0.1) is 0 Å². The van der Waals surface area contributed by atoms with Crippen molar-refractivity contribution in [2.45, 2.75) is 0 Å². The summed E-state index contributed by atoms with van der Waals surface area (Å²) in [6.45, 7) is 0. The number of methoxy groups -OCH3 is 1. The number of pyridine rings is 1. The molecular weight excluding hydrogens is 216 g/mol. The Labute approximate surface area is 99.1 Å². The van der Waals surface area contributed by atoms with Gasteiger partial charge >= 0.3 is 0 Å². The highest BCUT2D eigenvalue weighted by atomic mass is 16.5. The van der Waals surface area contributed by atoms with Gasteiger partial charge in [0.25, 0.3) is 0 Å². The summed E-state index contributed by atoms with van der Waals surface area (Å²) in [5.41, 5.74) is 7.37. The number of hydrogen-bond acceptors (Lipinski definition) is 3. The van der Waals surface area contributed by atoms with Gasteiger partial charge in [0, 0.05) is 17.3 Å². The van der Waals surface area contributed by atoms with E-state index in [0.29, 0.717) is 11.3 Å². The predicted molar refractivity (Wildman–Crippen MR) is 64.7 cm³/mol. The van der Waals surface area contributed by atoms with Gasteiger partial charge < -0.3 is 10.5 Å². The zero-order chi connectivity index (χ0) is 12.3. The molecule has 0 spiro atoms. The number of aromatic nitrogens is 1. The van der Waals surface area contributed by atoms with Crippen molar-refractivity contribution in [2.24, 2.45) is 5.73 Å². The molecule has 0 aliphatic heterocycles. The first-order valence-electron chi connectivity index (χ1n) is 5.10. The van der Waals surface area contributed by atoms with Crippen molar-refractivity contribution in [3.8, 4) is 16.9 Å². The molecule has 0 saturated carbocycles. The van der Waals surface area contributed by atoms with Crippen LogP contribution < -0.4 is 10.5 Å². The molecule has 2 rings (SSSR count). The van der Waals surface area contributed by atoms with Gasteiger partial charge in [-0.2, -0.15) is 0 Å². The zero-order valence-corrected chi connectivity index (χ0v) is 9.38. The number of amides is 1. The third-order valence-corrected chi connectivity index (χ3v) is 2.45. The SMILES string of the molecule is COc1cncc(-c2ccccc2C(N)=O)c1. The van der Waals surface area contributed by atoms with Crippen molar-refractivity contribution in [1.29, 1.82) is 0 Å². The number of hydrogen-bond donors (Lipinski definition) is 1. The molecule has 1 heterocycles. The third-order valence-electron chi connectivity index (χ3n) is 2.45. The molecule has 0 bridgehead atoms. The molecule has 86 valence electrons. The number of primary amides is 1. The fourth-order valence-corrected chi connectivity index (χ4v) is 1.63. The molecule has 4 nitrogen and oxygen atoms in total. The number of rotatable bonds is 3. The Morgan fingerprint density at radius 2 is 2.06 bits per heavy atom. The van der Waals surface area contributed by atoms with Crippen LogP contribution in [0.4, 0.5) is 0 Å². The second-order valence-electron chi connectivity index (χ2n) is 3.52. The van der Waals surface area contributed by atoms with Crippen molar-refractivity contribution in [3.05, 3.63) is 48.3 Å². The van der Waals surface area contributed by atoms with Gasteiger partial charge in [-0.25, -0.2) is 0 Å². The van der Waals surface area contributed by atoms with Crippen LogP contribution in [0.2, 0.25) is 0 Å². The van der Waals surface area contributed by atoms with Gasteiger partial charge in [-0.05, 0) is 17.7 Å². The molecule has 0 aliphatic carbocycles. The monoisotopic (exact) mass is 228 g/mol. The quantitative estimate of drug-likeness (QED) is 0.871. The van der Waals surface area contributed by atoms with Crippen molar-refractivity contribution in [2.75, 3.05) is 7.11 Å². The summed E-state index contributed by atoms with van der Waals surface area (Å²) in [6.07, 6.45) is 3.28. The van der Waals surface area contributed by atoms with Crippen LogP contribution in [0.3, 0.4) is 0 Å². The molecule has 0 atom stereocenters. The molecule has 2 N–H and O–H groups in total. The Balaban J connectivity index is 2.56. The zero-order valence-electron chi connectivity index (χ0n) is 9.38. The Hall–Kier alpha value is -2.36. The average molecular weight is 228 g/mol. The summed E-state index contributed by atoms with van der Waals surface area (Å²) in [4.78, 5) is 15.4. The lowest BCUT2D eigenvalue weighted by Gasteiger charge is -2.07. The summed E-state index contributed by atoms with van der Waals surface area (Å²) in [5.74, 6) is 0.185. The summed E-state index contributed by atoms with van der Waals surface area (Å²) < 4.78 is 5.10. The van der Waals surface area contributed by atoms with Crippen molar-refractivity contribution >= 4 is 5.91 Å². The number of carbonyl (C=O) groups is 1. The largest absolute Gasteiger partial charge is 0.495 e. The molecule has 0 radical (unpaired) electrons. The van der Waals surface area contributed by atoms with Crippen LogP contribution in [0.5, 0.6) is 5.75 Å².